The standard InChI is InChI=1S/C50H39N/c1-49(2)44-19-11-9-16-39(44)41-27-23-33(29-46(41)49)32-21-24-35(25-22-32)51(48-30-34-13-5-6-14-37(34)38-15-7-8-18-43(38)48)36-26-28-42-40-17-10-12-20-45(40)50(3,4)47(42)31-36/h5-31H,1-4H3. The van der Waals surface area contributed by atoms with E-state index in [1.165, 1.54) is 88.6 Å². The predicted octanol–water partition coefficient (Wildman–Crippen LogP) is 13.7. The molecule has 0 heterocycles. The molecule has 0 N–H and O–H groups in total. The van der Waals surface area contributed by atoms with Gasteiger partial charge in [-0.25, -0.2) is 0 Å². The first-order valence-electron chi connectivity index (χ1n) is 18.1. The average Bonchev–Trinajstić information content (AvgIpc) is 3.54. The zero-order valence-corrected chi connectivity index (χ0v) is 29.5. The summed E-state index contributed by atoms with van der Waals surface area (Å²) in [4.78, 5) is 2.47. The molecule has 0 radical (unpaired) electrons. The molecule has 0 aliphatic heterocycles. The van der Waals surface area contributed by atoms with E-state index in [-0.39, 0.29) is 10.8 Å². The zero-order valence-electron chi connectivity index (χ0n) is 29.5. The Labute approximate surface area is 300 Å². The van der Waals surface area contributed by atoms with Crippen molar-refractivity contribution < 1.29 is 0 Å². The zero-order chi connectivity index (χ0) is 34.5. The second-order valence-electron chi connectivity index (χ2n) is 15.4. The van der Waals surface area contributed by atoms with E-state index in [9.17, 15) is 0 Å². The van der Waals surface area contributed by atoms with Crippen molar-refractivity contribution in [2.75, 3.05) is 4.90 Å². The Morgan fingerprint density at radius 3 is 1.53 bits per heavy atom. The summed E-state index contributed by atoms with van der Waals surface area (Å²) >= 11 is 0. The van der Waals surface area contributed by atoms with E-state index in [1.807, 2.05) is 0 Å². The third-order valence-electron chi connectivity index (χ3n) is 11.9. The van der Waals surface area contributed by atoms with Crippen molar-refractivity contribution in [2.24, 2.45) is 0 Å². The van der Waals surface area contributed by atoms with Gasteiger partial charge in [-0.05, 0) is 108 Å². The second-order valence-corrected chi connectivity index (χ2v) is 15.4. The molecule has 8 aromatic rings. The fourth-order valence-electron chi connectivity index (χ4n) is 9.16. The first-order valence-corrected chi connectivity index (χ1v) is 18.1. The maximum atomic E-state index is 2.47. The van der Waals surface area contributed by atoms with Crippen LogP contribution in [0.3, 0.4) is 0 Å². The summed E-state index contributed by atoms with van der Waals surface area (Å²) in [5.41, 5.74) is 16.8. The normalized spacial score (nSPS) is 14.6. The van der Waals surface area contributed by atoms with Gasteiger partial charge >= 0.3 is 0 Å². The Morgan fingerprint density at radius 1 is 0.353 bits per heavy atom. The van der Waals surface area contributed by atoms with Crippen LogP contribution >= 0.6 is 0 Å². The highest BCUT2D eigenvalue weighted by Gasteiger charge is 2.37. The van der Waals surface area contributed by atoms with Crippen molar-refractivity contribution in [2.45, 2.75) is 38.5 Å². The van der Waals surface area contributed by atoms with Gasteiger partial charge in [-0.2, -0.15) is 0 Å². The Hall–Kier alpha value is -5.92. The summed E-state index contributed by atoms with van der Waals surface area (Å²) in [6, 6.07) is 61.1. The predicted molar refractivity (Wildman–Crippen MR) is 217 cm³/mol. The molecule has 8 aromatic carbocycles. The lowest BCUT2D eigenvalue weighted by atomic mass is 9.81. The van der Waals surface area contributed by atoms with Crippen molar-refractivity contribution in [1.82, 2.24) is 0 Å². The van der Waals surface area contributed by atoms with E-state index < -0.39 is 0 Å². The summed E-state index contributed by atoms with van der Waals surface area (Å²) < 4.78 is 0. The van der Waals surface area contributed by atoms with E-state index >= 15 is 0 Å². The van der Waals surface area contributed by atoms with E-state index in [2.05, 4.69) is 196 Å². The van der Waals surface area contributed by atoms with Crippen LogP contribution in [0.25, 0.3) is 54.9 Å². The van der Waals surface area contributed by atoms with Gasteiger partial charge in [0.15, 0.2) is 0 Å². The lowest BCUT2D eigenvalue weighted by Gasteiger charge is -2.29. The average molecular weight is 654 g/mol. The largest absolute Gasteiger partial charge is 0.310 e. The Morgan fingerprint density at radius 2 is 0.843 bits per heavy atom. The van der Waals surface area contributed by atoms with Crippen LogP contribution in [0.15, 0.2) is 164 Å². The van der Waals surface area contributed by atoms with Gasteiger partial charge in [0, 0.05) is 27.6 Å². The van der Waals surface area contributed by atoms with E-state index in [4.69, 9.17) is 0 Å². The van der Waals surface area contributed by atoms with Crippen LogP contribution in [0.1, 0.15) is 49.9 Å². The van der Waals surface area contributed by atoms with Gasteiger partial charge in [0.05, 0.1) is 5.69 Å². The minimum absolute atomic E-state index is 0.0309. The van der Waals surface area contributed by atoms with E-state index in [0.717, 1.165) is 5.69 Å². The lowest BCUT2D eigenvalue weighted by Crippen LogP contribution is -2.16. The topological polar surface area (TPSA) is 3.24 Å². The highest BCUT2D eigenvalue weighted by atomic mass is 15.1. The Kier molecular flexibility index (Phi) is 6.34. The van der Waals surface area contributed by atoms with Crippen molar-refractivity contribution in [3.05, 3.63) is 186 Å². The molecule has 2 aliphatic rings. The van der Waals surface area contributed by atoms with Crippen molar-refractivity contribution in [3.63, 3.8) is 0 Å². The molecule has 0 saturated carbocycles. The molecule has 0 saturated heterocycles. The number of anilines is 3. The van der Waals surface area contributed by atoms with Crippen LogP contribution in [0, 0.1) is 0 Å². The van der Waals surface area contributed by atoms with Crippen molar-refractivity contribution in [1.29, 1.82) is 0 Å². The van der Waals surface area contributed by atoms with Gasteiger partial charge in [-0.15, -0.1) is 0 Å². The number of benzene rings is 8. The van der Waals surface area contributed by atoms with E-state index in [1.54, 1.807) is 0 Å². The monoisotopic (exact) mass is 653 g/mol. The van der Waals surface area contributed by atoms with Crippen LogP contribution in [0.5, 0.6) is 0 Å². The minimum atomic E-state index is -0.0933. The number of rotatable bonds is 4. The number of hydrogen-bond acceptors (Lipinski definition) is 1. The maximum absolute atomic E-state index is 2.47. The van der Waals surface area contributed by atoms with Crippen LogP contribution in [-0.2, 0) is 10.8 Å². The maximum Gasteiger partial charge on any atom is 0.0546 e. The van der Waals surface area contributed by atoms with Gasteiger partial charge < -0.3 is 4.90 Å². The fourth-order valence-corrected chi connectivity index (χ4v) is 9.16. The molecule has 1 nitrogen and oxygen atoms in total. The molecule has 1 heteroatoms. The molecule has 0 unspecified atom stereocenters. The molecular formula is C50H39N. The Bertz CT molecular complexity index is 2690. The minimum Gasteiger partial charge on any atom is -0.310 e. The molecule has 0 atom stereocenters. The first kappa shape index (κ1) is 29.9. The van der Waals surface area contributed by atoms with Gasteiger partial charge in [0.1, 0.15) is 0 Å². The third kappa shape index (κ3) is 4.34. The van der Waals surface area contributed by atoms with Crippen LogP contribution in [0.4, 0.5) is 17.1 Å². The van der Waals surface area contributed by atoms with E-state index in [0.29, 0.717) is 0 Å². The van der Waals surface area contributed by atoms with Crippen molar-refractivity contribution in [3.8, 4) is 33.4 Å². The molecule has 0 amide bonds. The molecule has 0 bridgehead atoms. The molecule has 2 aliphatic carbocycles. The molecule has 51 heavy (non-hydrogen) atoms. The number of nitrogens with zero attached hydrogens (tertiary/aromatic N) is 1. The molecule has 0 spiro atoms. The molecule has 0 aromatic heterocycles. The SMILES string of the molecule is CC1(C)c2ccccc2-c2ccc(-c3ccc(N(c4ccc5c(c4)C(C)(C)c4ccccc4-5)c4cc5ccccc5c5ccccc45)cc3)cc21. The first-order chi connectivity index (χ1) is 24.8. The van der Waals surface area contributed by atoms with Gasteiger partial charge in [-0.3, -0.25) is 0 Å². The highest BCUT2D eigenvalue weighted by molar-refractivity contribution is 6.14. The number of hydrogen-bond donors (Lipinski definition) is 0. The van der Waals surface area contributed by atoms with Gasteiger partial charge in [0.2, 0.25) is 0 Å². The summed E-state index contributed by atoms with van der Waals surface area (Å²) in [5.74, 6) is 0. The third-order valence-corrected chi connectivity index (χ3v) is 11.9. The summed E-state index contributed by atoms with van der Waals surface area (Å²) in [7, 11) is 0. The summed E-state index contributed by atoms with van der Waals surface area (Å²) in [6.07, 6.45) is 0. The Balaban J connectivity index is 1.14. The van der Waals surface area contributed by atoms with Crippen molar-refractivity contribution >= 4 is 38.6 Å². The van der Waals surface area contributed by atoms with Gasteiger partial charge in [-0.1, -0.05) is 155 Å². The summed E-state index contributed by atoms with van der Waals surface area (Å²) in [6.45, 7) is 9.43. The lowest BCUT2D eigenvalue weighted by molar-refractivity contribution is 0.660. The summed E-state index contributed by atoms with van der Waals surface area (Å²) in [5, 5.41) is 5.02. The number of fused-ring (bicyclic) bond motifs is 9. The second kappa shape index (κ2) is 10.8. The highest BCUT2D eigenvalue weighted by Crippen LogP contribution is 2.52. The van der Waals surface area contributed by atoms with Crippen LogP contribution in [0.2, 0.25) is 0 Å². The molecule has 0 fully saturated rings. The smallest absolute Gasteiger partial charge is 0.0546 e. The fraction of sp³-hybridized carbons (Fsp3) is 0.120. The molecule has 10 rings (SSSR count). The van der Waals surface area contributed by atoms with Gasteiger partial charge in [0.25, 0.3) is 0 Å². The van der Waals surface area contributed by atoms with Crippen LogP contribution in [-0.4, -0.2) is 0 Å². The molecule has 244 valence electrons. The van der Waals surface area contributed by atoms with Crippen LogP contribution < -0.4 is 4.90 Å². The quantitative estimate of drug-likeness (QED) is 0.171. The molecular weight excluding hydrogens is 615 g/mol.